The number of H-pyrrole nitrogens is 1. The number of nitriles is 1. The zero-order valence-corrected chi connectivity index (χ0v) is 18.4. The van der Waals surface area contributed by atoms with Crippen molar-refractivity contribution in [3.05, 3.63) is 67.5 Å². The van der Waals surface area contributed by atoms with Gasteiger partial charge in [0.05, 0.1) is 29.2 Å². The molecule has 0 aliphatic rings. The monoisotopic (exact) mass is 515 g/mol. The van der Waals surface area contributed by atoms with E-state index < -0.39 is 5.56 Å². The number of aromatic nitrogens is 2. The second-order valence-electron chi connectivity index (χ2n) is 5.95. The van der Waals surface area contributed by atoms with Gasteiger partial charge in [0.15, 0.2) is 11.5 Å². The lowest BCUT2D eigenvalue weighted by Crippen LogP contribution is -2.16. The number of hydrogen-bond donors (Lipinski definition) is 2. The molecule has 0 bridgehead atoms. The van der Waals surface area contributed by atoms with Crippen LogP contribution in [0.25, 0.3) is 11.3 Å². The van der Waals surface area contributed by atoms with Gasteiger partial charge in [0, 0.05) is 5.56 Å². The molecule has 0 aliphatic heterocycles. The third kappa shape index (κ3) is 4.77. The van der Waals surface area contributed by atoms with Crippen molar-refractivity contribution >= 4 is 34.8 Å². The Morgan fingerprint density at radius 1 is 1.33 bits per heavy atom. The molecule has 0 fully saturated rings. The van der Waals surface area contributed by atoms with Gasteiger partial charge in [-0.15, -0.1) is 0 Å². The number of halogens is 1. The van der Waals surface area contributed by atoms with Crippen molar-refractivity contribution in [1.82, 2.24) is 9.97 Å². The summed E-state index contributed by atoms with van der Waals surface area (Å²) in [5.74, 6) is 1.40. The van der Waals surface area contributed by atoms with Crippen LogP contribution in [0.5, 0.6) is 11.5 Å². The molecule has 2 N–H and O–H groups in total. The van der Waals surface area contributed by atoms with E-state index in [4.69, 9.17) is 9.47 Å². The van der Waals surface area contributed by atoms with E-state index in [1.165, 1.54) is 0 Å². The van der Waals surface area contributed by atoms with Crippen LogP contribution in [0.3, 0.4) is 0 Å². The van der Waals surface area contributed by atoms with E-state index in [0.29, 0.717) is 23.7 Å². The Hall–Kier alpha value is -3.39. The lowest BCUT2D eigenvalue weighted by Gasteiger charge is -2.11. The molecule has 0 unspecified atom stereocenters. The van der Waals surface area contributed by atoms with Crippen LogP contribution in [0.1, 0.15) is 18.1 Å². The van der Waals surface area contributed by atoms with Crippen molar-refractivity contribution < 1.29 is 9.47 Å². The van der Waals surface area contributed by atoms with E-state index in [-0.39, 0.29) is 17.2 Å². The summed E-state index contributed by atoms with van der Waals surface area (Å²) < 4.78 is 11.9. The largest absolute Gasteiger partial charge is 0.492 e. The normalized spacial score (nSPS) is 10.6. The quantitative estimate of drug-likeness (QED) is 0.282. The number of nitrogens with one attached hydrogen (secondary N) is 2. The molecule has 3 rings (SSSR count). The average molecular weight is 515 g/mol. The molecule has 0 atom stereocenters. The zero-order chi connectivity index (χ0) is 21.5. The van der Waals surface area contributed by atoms with Gasteiger partial charge >= 0.3 is 0 Å². The first-order chi connectivity index (χ1) is 14.6. The van der Waals surface area contributed by atoms with E-state index in [2.05, 4.69) is 43.1 Å². The van der Waals surface area contributed by atoms with E-state index in [1.807, 2.05) is 37.3 Å². The third-order valence-electron chi connectivity index (χ3n) is 4.00. The number of ether oxygens (including phenoxy) is 2. The summed E-state index contributed by atoms with van der Waals surface area (Å²) in [6, 6.07) is 14.6. The van der Waals surface area contributed by atoms with Crippen LogP contribution in [-0.2, 0) is 0 Å². The number of hydrazone groups is 1. The van der Waals surface area contributed by atoms with Crippen LogP contribution < -0.4 is 20.5 Å². The van der Waals surface area contributed by atoms with Gasteiger partial charge in [-0.2, -0.15) is 10.4 Å². The summed E-state index contributed by atoms with van der Waals surface area (Å²) in [7, 11) is 1.59. The molecule has 8 nitrogen and oxygen atoms in total. The highest BCUT2D eigenvalue weighted by Gasteiger charge is 2.13. The van der Waals surface area contributed by atoms with Crippen molar-refractivity contribution in [3.8, 4) is 28.8 Å². The van der Waals surface area contributed by atoms with Crippen molar-refractivity contribution in [2.75, 3.05) is 19.1 Å². The summed E-state index contributed by atoms with van der Waals surface area (Å²) in [4.78, 5) is 19.2. The van der Waals surface area contributed by atoms with Crippen LogP contribution >= 0.6 is 22.6 Å². The van der Waals surface area contributed by atoms with Gasteiger partial charge in [-0.05, 0) is 47.2 Å². The second kappa shape index (κ2) is 9.89. The number of aromatic amines is 1. The SMILES string of the molecule is CCOc1cc(C=NNc2nc(-c3ccccc3)c(C#N)c(=O)[nH]2)cc(I)c1OC. The Morgan fingerprint density at radius 2 is 2.10 bits per heavy atom. The molecule has 1 aromatic heterocycles. The van der Waals surface area contributed by atoms with E-state index in [9.17, 15) is 10.1 Å². The van der Waals surface area contributed by atoms with Crippen LogP contribution in [-0.4, -0.2) is 29.9 Å². The molecule has 30 heavy (non-hydrogen) atoms. The van der Waals surface area contributed by atoms with Crippen molar-refractivity contribution in [1.29, 1.82) is 5.26 Å². The highest BCUT2D eigenvalue weighted by atomic mass is 127. The van der Waals surface area contributed by atoms with E-state index in [1.54, 1.807) is 31.5 Å². The van der Waals surface area contributed by atoms with Gasteiger partial charge in [-0.1, -0.05) is 30.3 Å². The molecule has 0 amide bonds. The number of anilines is 1. The lowest BCUT2D eigenvalue weighted by atomic mass is 10.1. The molecule has 152 valence electrons. The zero-order valence-electron chi connectivity index (χ0n) is 16.3. The molecule has 0 radical (unpaired) electrons. The van der Waals surface area contributed by atoms with Crippen LogP contribution in [0.2, 0.25) is 0 Å². The summed E-state index contributed by atoms with van der Waals surface area (Å²) in [6.45, 7) is 2.40. The highest BCUT2D eigenvalue weighted by molar-refractivity contribution is 14.1. The Labute approximate surface area is 186 Å². The molecule has 1 heterocycles. The van der Waals surface area contributed by atoms with Gasteiger partial charge in [-0.3, -0.25) is 9.78 Å². The predicted octanol–water partition coefficient (Wildman–Crippen LogP) is 3.77. The fourth-order valence-electron chi connectivity index (χ4n) is 2.73. The smallest absolute Gasteiger partial charge is 0.270 e. The number of nitrogens with zero attached hydrogens (tertiary/aromatic N) is 3. The molecular weight excluding hydrogens is 497 g/mol. The van der Waals surface area contributed by atoms with Crippen LogP contribution in [0, 0.1) is 14.9 Å². The first-order valence-corrected chi connectivity index (χ1v) is 10.0. The summed E-state index contributed by atoms with van der Waals surface area (Å²) in [5, 5.41) is 13.5. The lowest BCUT2D eigenvalue weighted by molar-refractivity contribution is 0.309. The fourth-order valence-corrected chi connectivity index (χ4v) is 3.57. The van der Waals surface area contributed by atoms with Gasteiger partial charge in [0.2, 0.25) is 5.95 Å². The summed E-state index contributed by atoms with van der Waals surface area (Å²) in [5.41, 5.74) is 3.85. The summed E-state index contributed by atoms with van der Waals surface area (Å²) in [6.07, 6.45) is 1.57. The maximum absolute atomic E-state index is 12.3. The standard InChI is InChI=1S/C21H18IN5O3/c1-3-30-17-10-13(9-16(22)19(17)29-2)12-24-27-21-25-18(14-7-5-4-6-8-14)15(11-23)20(28)26-21/h4-10,12H,3H2,1-2H3,(H2,25,26,27,28). The van der Waals surface area contributed by atoms with Gasteiger partial charge in [0.25, 0.3) is 5.56 Å². The Bertz CT molecular complexity index is 1170. The Morgan fingerprint density at radius 3 is 2.77 bits per heavy atom. The maximum Gasteiger partial charge on any atom is 0.270 e. The fraction of sp³-hybridized carbons (Fsp3) is 0.143. The molecule has 0 saturated heterocycles. The minimum Gasteiger partial charge on any atom is -0.492 e. The van der Waals surface area contributed by atoms with E-state index in [0.717, 1.165) is 9.13 Å². The summed E-state index contributed by atoms with van der Waals surface area (Å²) >= 11 is 2.16. The predicted molar refractivity (Wildman–Crippen MR) is 123 cm³/mol. The Kier molecular flexibility index (Phi) is 7.03. The number of methoxy groups -OCH3 is 1. The van der Waals surface area contributed by atoms with Gasteiger partial charge < -0.3 is 9.47 Å². The van der Waals surface area contributed by atoms with Crippen molar-refractivity contribution in [3.63, 3.8) is 0 Å². The molecule has 0 aliphatic carbocycles. The molecule has 0 spiro atoms. The minimum absolute atomic E-state index is 0.0539. The minimum atomic E-state index is -0.540. The van der Waals surface area contributed by atoms with E-state index >= 15 is 0 Å². The second-order valence-corrected chi connectivity index (χ2v) is 7.12. The van der Waals surface area contributed by atoms with Crippen molar-refractivity contribution in [2.45, 2.75) is 6.92 Å². The molecule has 3 aromatic rings. The number of benzene rings is 2. The highest BCUT2D eigenvalue weighted by Crippen LogP contribution is 2.33. The van der Waals surface area contributed by atoms with Crippen LogP contribution in [0.4, 0.5) is 5.95 Å². The maximum atomic E-state index is 12.3. The Balaban J connectivity index is 1.89. The average Bonchev–Trinajstić information content (AvgIpc) is 2.74. The van der Waals surface area contributed by atoms with Gasteiger partial charge in [0.1, 0.15) is 11.6 Å². The number of hydrogen-bond acceptors (Lipinski definition) is 7. The first kappa shape index (κ1) is 21.3. The third-order valence-corrected chi connectivity index (χ3v) is 4.80. The van der Waals surface area contributed by atoms with Gasteiger partial charge in [-0.25, -0.2) is 10.4 Å². The molecule has 2 aromatic carbocycles. The molecular formula is C21H18IN5O3. The van der Waals surface area contributed by atoms with Crippen LogP contribution in [0.15, 0.2) is 52.4 Å². The topological polar surface area (TPSA) is 112 Å². The molecule has 0 saturated carbocycles. The first-order valence-electron chi connectivity index (χ1n) is 8.96. The van der Waals surface area contributed by atoms with Crippen molar-refractivity contribution in [2.24, 2.45) is 5.10 Å². The molecule has 9 heteroatoms. The number of rotatable bonds is 7.